The average molecular weight is 333 g/mol. The molecule has 2 rings (SSSR count). The summed E-state index contributed by atoms with van der Waals surface area (Å²) >= 11 is 0. The number of benzene rings is 1. The Morgan fingerprint density at radius 3 is 2.38 bits per heavy atom. The topological polar surface area (TPSA) is 77.8 Å². The van der Waals surface area contributed by atoms with Gasteiger partial charge in [0.25, 0.3) is 0 Å². The molecule has 1 aromatic rings. The lowest BCUT2D eigenvalue weighted by molar-refractivity contribution is -0.222. The molecular formula is C18H23NO5. The second kappa shape index (κ2) is 8.67. The molecule has 1 aliphatic rings. The van der Waals surface area contributed by atoms with Crippen molar-refractivity contribution in [1.29, 1.82) is 5.26 Å². The maximum absolute atomic E-state index is 12.4. The molecular weight excluding hydrogens is 310 g/mol. The summed E-state index contributed by atoms with van der Waals surface area (Å²) in [4.78, 5) is 12.4. The number of carbonyl (C=O) groups is 1. The van der Waals surface area contributed by atoms with Crippen LogP contribution >= 0.6 is 0 Å². The number of esters is 1. The first-order valence-electron chi connectivity index (χ1n) is 8.23. The zero-order valence-corrected chi connectivity index (χ0v) is 14.1. The van der Waals surface area contributed by atoms with Gasteiger partial charge in [-0.25, -0.2) is 4.79 Å². The molecule has 1 aromatic carbocycles. The van der Waals surface area contributed by atoms with Crippen molar-refractivity contribution >= 4 is 5.97 Å². The standard InChI is InChI=1S/C18H23NO5/c1-3-5-16-22-12-18(11-19,13-23-16)17(20)24-15-8-6-14(7-9-15)21-10-4-2/h6-9,16H,3-5,10,12-13H2,1-2H3. The van der Waals surface area contributed by atoms with Crippen molar-refractivity contribution < 1.29 is 23.7 Å². The van der Waals surface area contributed by atoms with E-state index in [4.69, 9.17) is 18.9 Å². The van der Waals surface area contributed by atoms with Gasteiger partial charge >= 0.3 is 5.97 Å². The summed E-state index contributed by atoms with van der Waals surface area (Å²) in [7, 11) is 0. The largest absolute Gasteiger partial charge is 0.494 e. The van der Waals surface area contributed by atoms with Gasteiger partial charge in [-0.15, -0.1) is 0 Å². The van der Waals surface area contributed by atoms with Crippen molar-refractivity contribution in [3.05, 3.63) is 24.3 Å². The molecule has 6 heteroatoms. The van der Waals surface area contributed by atoms with E-state index in [0.29, 0.717) is 18.1 Å². The fraction of sp³-hybridized carbons (Fsp3) is 0.556. The number of carbonyl (C=O) groups excluding carboxylic acids is 1. The van der Waals surface area contributed by atoms with Gasteiger partial charge in [0.15, 0.2) is 6.29 Å². The van der Waals surface area contributed by atoms with E-state index in [-0.39, 0.29) is 19.5 Å². The minimum Gasteiger partial charge on any atom is -0.494 e. The van der Waals surface area contributed by atoms with Gasteiger partial charge in [0.05, 0.1) is 25.9 Å². The van der Waals surface area contributed by atoms with Gasteiger partial charge in [-0.2, -0.15) is 5.26 Å². The van der Waals surface area contributed by atoms with E-state index < -0.39 is 11.4 Å². The fourth-order valence-electron chi connectivity index (χ4n) is 2.22. The van der Waals surface area contributed by atoms with Gasteiger partial charge in [-0.05, 0) is 37.1 Å². The molecule has 0 unspecified atom stereocenters. The summed E-state index contributed by atoms with van der Waals surface area (Å²) in [5.41, 5.74) is -1.43. The summed E-state index contributed by atoms with van der Waals surface area (Å²) in [6, 6.07) is 8.71. The van der Waals surface area contributed by atoms with Crippen LogP contribution in [0.2, 0.25) is 0 Å². The normalized spacial score (nSPS) is 23.3. The van der Waals surface area contributed by atoms with E-state index >= 15 is 0 Å². The molecule has 0 atom stereocenters. The molecule has 1 heterocycles. The zero-order valence-electron chi connectivity index (χ0n) is 14.1. The first kappa shape index (κ1) is 18.2. The van der Waals surface area contributed by atoms with Gasteiger partial charge in [0.2, 0.25) is 5.41 Å². The smallest absolute Gasteiger partial charge is 0.336 e. The molecule has 0 N–H and O–H groups in total. The maximum Gasteiger partial charge on any atom is 0.336 e. The van der Waals surface area contributed by atoms with Gasteiger partial charge in [0.1, 0.15) is 11.5 Å². The van der Waals surface area contributed by atoms with Crippen molar-refractivity contribution in [1.82, 2.24) is 0 Å². The van der Waals surface area contributed by atoms with Crippen molar-refractivity contribution in [2.75, 3.05) is 19.8 Å². The molecule has 0 aliphatic carbocycles. The second-order valence-electron chi connectivity index (χ2n) is 5.74. The van der Waals surface area contributed by atoms with E-state index in [1.165, 1.54) is 0 Å². The molecule has 6 nitrogen and oxygen atoms in total. The van der Waals surface area contributed by atoms with Gasteiger partial charge in [-0.1, -0.05) is 20.3 Å². The van der Waals surface area contributed by atoms with Gasteiger partial charge in [0, 0.05) is 0 Å². The number of nitriles is 1. The first-order valence-corrected chi connectivity index (χ1v) is 8.23. The van der Waals surface area contributed by atoms with Crippen molar-refractivity contribution in [3.63, 3.8) is 0 Å². The molecule has 0 aromatic heterocycles. The maximum atomic E-state index is 12.4. The van der Waals surface area contributed by atoms with Crippen LogP contribution in [0, 0.1) is 16.7 Å². The highest BCUT2D eigenvalue weighted by Crippen LogP contribution is 2.28. The minimum atomic E-state index is -1.43. The van der Waals surface area contributed by atoms with Crippen LogP contribution in [0.4, 0.5) is 0 Å². The quantitative estimate of drug-likeness (QED) is 0.564. The SMILES string of the molecule is CCCOc1ccc(OC(=O)C2(C#N)COC(CCC)OC2)cc1. The predicted octanol–water partition coefficient (Wildman–Crippen LogP) is 3.06. The lowest BCUT2D eigenvalue weighted by Crippen LogP contribution is -2.48. The summed E-state index contributed by atoms with van der Waals surface area (Å²) in [5, 5.41) is 9.42. The Kier molecular flexibility index (Phi) is 6.59. The van der Waals surface area contributed by atoms with E-state index in [9.17, 15) is 10.1 Å². The number of rotatable bonds is 7. The van der Waals surface area contributed by atoms with Crippen LogP contribution in [0.25, 0.3) is 0 Å². The average Bonchev–Trinajstić information content (AvgIpc) is 2.62. The Morgan fingerprint density at radius 2 is 1.83 bits per heavy atom. The molecule has 0 amide bonds. The third-order valence-electron chi connectivity index (χ3n) is 3.67. The lowest BCUT2D eigenvalue weighted by atomic mass is 9.91. The Balaban J connectivity index is 1.96. The van der Waals surface area contributed by atoms with Crippen LogP contribution in [0.15, 0.2) is 24.3 Å². The highest BCUT2D eigenvalue weighted by Gasteiger charge is 2.46. The van der Waals surface area contributed by atoms with Crippen LogP contribution in [0.3, 0.4) is 0 Å². The molecule has 0 bridgehead atoms. The number of ether oxygens (including phenoxy) is 4. The highest BCUT2D eigenvalue weighted by atomic mass is 16.7. The van der Waals surface area contributed by atoms with Crippen LogP contribution < -0.4 is 9.47 Å². The number of hydrogen-bond donors (Lipinski definition) is 0. The fourth-order valence-corrected chi connectivity index (χ4v) is 2.22. The third kappa shape index (κ3) is 4.47. The van der Waals surface area contributed by atoms with E-state index in [0.717, 1.165) is 19.3 Å². The van der Waals surface area contributed by atoms with Crippen molar-refractivity contribution in [2.45, 2.75) is 39.4 Å². The highest BCUT2D eigenvalue weighted by molar-refractivity contribution is 5.82. The minimum absolute atomic E-state index is 0.0231. The summed E-state index contributed by atoms with van der Waals surface area (Å²) in [6.45, 7) is 4.62. The van der Waals surface area contributed by atoms with Gasteiger partial charge in [-0.3, -0.25) is 0 Å². The van der Waals surface area contributed by atoms with Crippen LogP contribution in [-0.2, 0) is 14.3 Å². The van der Waals surface area contributed by atoms with Crippen molar-refractivity contribution in [2.24, 2.45) is 5.41 Å². The molecule has 0 saturated carbocycles. The Morgan fingerprint density at radius 1 is 1.21 bits per heavy atom. The number of nitrogens with zero attached hydrogens (tertiary/aromatic N) is 1. The van der Waals surface area contributed by atoms with E-state index in [2.05, 4.69) is 0 Å². The zero-order chi connectivity index (χ0) is 17.4. The third-order valence-corrected chi connectivity index (χ3v) is 3.67. The monoisotopic (exact) mass is 333 g/mol. The van der Waals surface area contributed by atoms with Crippen molar-refractivity contribution in [3.8, 4) is 17.6 Å². The molecule has 0 radical (unpaired) electrons. The summed E-state index contributed by atoms with van der Waals surface area (Å²) in [5.74, 6) is 0.398. The van der Waals surface area contributed by atoms with E-state index in [1.54, 1.807) is 24.3 Å². The molecule has 1 fully saturated rings. The lowest BCUT2D eigenvalue weighted by Gasteiger charge is -2.33. The Labute approximate surface area is 142 Å². The molecule has 0 spiro atoms. The molecule has 24 heavy (non-hydrogen) atoms. The van der Waals surface area contributed by atoms with Gasteiger partial charge < -0.3 is 18.9 Å². The van der Waals surface area contributed by atoms with E-state index in [1.807, 2.05) is 19.9 Å². The summed E-state index contributed by atoms with van der Waals surface area (Å²) < 4.78 is 21.8. The number of hydrogen-bond acceptors (Lipinski definition) is 6. The predicted molar refractivity (Wildman–Crippen MR) is 86.5 cm³/mol. The Bertz CT molecular complexity index is 570. The molecule has 1 aliphatic heterocycles. The summed E-state index contributed by atoms with van der Waals surface area (Å²) in [6.07, 6.45) is 2.19. The van der Waals surface area contributed by atoms with Crippen LogP contribution in [0.1, 0.15) is 33.1 Å². The Hall–Kier alpha value is -2.10. The molecule has 1 saturated heterocycles. The second-order valence-corrected chi connectivity index (χ2v) is 5.74. The molecule has 130 valence electrons. The van der Waals surface area contributed by atoms with Crippen LogP contribution in [0.5, 0.6) is 11.5 Å². The first-order chi connectivity index (χ1) is 11.6. The van der Waals surface area contributed by atoms with Crippen LogP contribution in [-0.4, -0.2) is 32.1 Å².